The van der Waals surface area contributed by atoms with Crippen LogP contribution in [0.15, 0.2) is 18.2 Å². The molecule has 0 aliphatic heterocycles. The fourth-order valence-electron chi connectivity index (χ4n) is 2.39. The molecule has 1 aliphatic carbocycles. The second kappa shape index (κ2) is 6.71. The monoisotopic (exact) mass is 347 g/mol. The molecule has 104 valence electrons. The first-order valence-corrected chi connectivity index (χ1v) is 7.73. The number of hydrogen-bond donors (Lipinski definition) is 1. The van der Waals surface area contributed by atoms with Crippen LogP contribution in [0.25, 0.3) is 0 Å². The molecule has 0 radical (unpaired) electrons. The van der Waals surface area contributed by atoms with Crippen LogP contribution >= 0.6 is 27.5 Å². The van der Waals surface area contributed by atoms with Crippen molar-refractivity contribution < 1.29 is 9.18 Å². The number of benzene rings is 1. The second-order valence-electron chi connectivity index (χ2n) is 4.97. The molecule has 2 unspecified atom stereocenters. The Morgan fingerprint density at radius 3 is 2.95 bits per heavy atom. The lowest BCUT2D eigenvalue weighted by molar-refractivity contribution is 0.0943. The van der Waals surface area contributed by atoms with Gasteiger partial charge in [0.15, 0.2) is 0 Å². The highest BCUT2D eigenvalue weighted by Gasteiger charge is 2.20. The van der Waals surface area contributed by atoms with E-state index >= 15 is 0 Å². The van der Waals surface area contributed by atoms with Crippen molar-refractivity contribution in [3.8, 4) is 0 Å². The average Bonchev–Trinajstić information content (AvgIpc) is 2.39. The maximum absolute atomic E-state index is 13.3. The lowest BCUT2D eigenvalue weighted by Gasteiger charge is -2.25. The second-order valence-corrected chi connectivity index (χ2v) is 6.67. The molecule has 1 aromatic carbocycles. The molecule has 0 saturated heterocycles. The molecule has 1 saturated carbocycles. The van der Waals surface area contributed by atoms with Gasteiger partial charge < -0.3 is 5.32 Å². The average molecular weight is 349 g/mol. The van der Waals surface area contributed by atoms with Gasteiger partial charge in [-0.1, -0.05) is 34.0 Å². The highest BCUT2D eigenvalue weighted by atomic mass is 79.9. The highest BCUT2D eigenvalue weighted by molar-refractivity contribution is 9.09. The number of carbonyl (C=O) groups is 1. The Morgan fingerprint density at radius 1 is 1.47 bits per heavy atom. The number of alkyl halides is 1. The molecule has 19 heavy (non-hydrogen) atoms. The molecule has 2 rings (SSSR count). The van der Waals surface area contributed by atoms with Gasteiger partial charge in [0, 0.05) is 16.9 Å². The Kier molecular flexibility index (Phi) is 5.22. The van der Waals surface area contributed by atoms with Crippen molar-refractivity contribution in [3.05, 3.63) is 34.6 Å². The van der Waals surface area contributed by atoms with Gasteiger partial charge in [-0.2, -0.15) is 0 Å². The normalized spacial score (nSPS) is 23.1. The molecule has 1 N–H and O–H groups in total. The van der Waals surface area contributed by atoms with E-state index in [9.17, 15) is 9.18 Å². The molecule has 1 fully saturated rings. The topological polar surface area (TPSA) is 29.1 Å². The minimum atomic E-state index is -0.562. The zero-order valence-electron chi connectivity index (χ0n) is 10.5. The van der Waals surface area contributed by atoms with Crippen molar-refractivity contribution >= 4 is 33.4 Å². The first-order chi connectivity index (χ1) is 9.06. The summed E-state index contributed by atoms with van der Waals surface area (Å²) >= 11 is 9.21. The Morgan fingerprint density at radius 2 is 2.26 bits per heavy atom. The smallest absolute Gasteiger partial charge is 0.251 e. The molecule has 0 heterocycles. The van der Waals surface area contributed by atoms with E-state index in [1.165, 1.54) is 31.0 Å². The van der Waals surface area contributed by atoms with Gasteiger partial charge in [0.2, 0.25) is 0 Å². The molecule has 1 aromatic rings. The first kappa shape index (κ1) is 14.8. The summed E-state index contributed by atoms with van der Waals surface area (Å²) in [7, 11) is 0. The van der Waals surface area contributed by atoms with Gasteiger partial charge in [0.25, 0.3) is 5.91 Å². The molecule has 2 atom stereocenters. The van der Waals surface area contributed by atoms with Crippen LogP contribution in [0.2, 0.25) is 5.02 Å². The van der Waals surface area contributed by atoms with E-state index in [-0.39, 0.29) is 10.9 Å². The Bertz CT molecular complexity index is 469. The van der Waals surface area contributed by atoms with E-state index in [1.54, 1.807) is 0 Å². The Hall–Kier alpha value is -0.610. The first-order valence-electron chi connectivity index (χ1n) is 6.43. The number of nitrogens with one attached hydrogen (secondary N) is 1. The highest BCUT2D eigenvalue weighted by Crippen LogP contribution is 2.28. The molecular weight excluding hydrogens is 333 g/mol. The van der Waals surface area contributed by atoms with E-state index in [2.05, 4.69) is 21.2 Å². The zero-order valence-corrected chi connectivity index (χ0v) is 12.8. The largest absolute Gasteiger partial charge is 0.352 e. The van der Waals surface area contributed by atoms with E-state index in [0.29, 0.717) is 22.9 Å². The van der Waals surface area contributed by atoms with Crippen molar-refractivity contribution in [2.45, 2.75) is 30.5 Å². The Labute approximate surface area is 125 Å². The Balaban J connectivity index is 1.88. The van der Waals surface area contributed by atoms with Gasteiger partial charge in [-0.05, 0) is 43.4 Å². The summed E-state index contributed by atoms with van der Waals surface area (Å²) in [6, 6.07) is 4.11. The predicted octanol–water partition coefficient (Wildman–Crippen LogP) is 4.16. The fraction of sp³-hybridized carbons (Fsp3) is 0.500. The fourth-order valence-corrected chi connectivity index (χ4v) is 3.36. The number of carbonyl (C=O) groups excluding carboxylic acids is 1. The summed E-state index contributed by atoms with van der Waals surface area (Å²) in [6.07, 6.45) is 4.60. The third-order valence-corrected chi connectivity index (χ3v) is 4.59. The van der Waals surface area contributed by atoms with Crippen molar-refractivity contribution in [2.75, 3.05) is 6.54 Å². The molecule has 5 heteroatoms. The van der Waals surface area contributed by atoms with E-state index in [0.717, 1.165) is 12.8 Å². The van der Waals surface area contributed by atoms with Crippen LogP contribution in [0.1, 0.15) is 36.0 Å². The third kappa shape index (κ3) is 4.18. The quantitative estimate of drug-likeness (QED) is 0.816. The number of halogens is 3. The predicted molar refractivity (Wildman–Crippen MR) is 78.4 cm³/mol. The summed E-state index contributed by atoms with van der Waals surface area (Å²) in [6.45, 7) is 0.644. The molecule has 0 bridgehead atoms. The standard InChI is InChI=1S/C14H16BrClFNO/c15-11-3-1-2-9(6-11)8-18-14(19)10-4-5-12(16)13(17)7-10/h4-5,7,9,11H,1-3,6,8H2,(H,18,19). The molecule has 0 spiro atoms. The number of amides is 1. The SMILES string of the molecule is O=C(NCC1CCCC(Br)C1)c1ccc(Cl)c(F)c1. The van der Waals surface area contributed by atoms with Crippen molar-refractivity contribution in [1.82, 2.24) is 5.32 Å². The molecule has 1 aliphatic rings. The van der Waals surface area contributed by atoms with E-state index in [1.807, 2.05) is 0 Å². The van der Waals surface area contributed by atoms with Gasteiger partial charge in [-0.3, -0.25) is 4.79 Å². The van der Waals surface area contributed by atoms with Gasteiger partial charge in [-0.25, -0.2) is 4.39 Å². The molecule has 0 aromatic heterocycles. The lowest BCUT2D eigenvalue weighted by Crippen LogP contribution is -2.32. The zero-order chi connectivity index (χ0) is 13.8. The van der Waals surface area contributed by atoms with Gasteiger partial charge >= 0.3 is 0 Å². The third-order valence-electron chi connectivity index (χ3n) is 3.45. The maximum atomic E-state index is 13.3. The molecular formula is C14H16BrClFNO. The van der Waals surface area contributed by atoms with Crippen LogP contribution in [-0.2, 0) is 0 Å². The minimum Gasteiger partial charge on any atom is -0.352 e. The van der Waals surface area contributed by atoms with Crippen molar-refractivity contribution in [2.24, 2.45) is 5.92 Å². The summed E-state index contributed by atoms with van der Waals surface area (Å²) in [5.41, 5.74) is 0.313. The van der Waals surface area contributed by atoms with Crippen molar-refractivity contribution in [3.63, 3.8) is 0 Å². The number of hydrogen-bond acceptors (Lipinski definition) is 1. The maximum Gasteiger partial charge on any atom is 0.251 e. The van der Waals surface area contributed by atoms with Crippen LogP contribution in [0, 0.1) is 11.7 Å². The van der Waals surface area contributed by atoms with E-state index < -0.39 is 5.82 Å². The molecule has 1 amide bonds. The molecule has 2 nitrogen and oxygen atoms in total. The van der Waals surface area contributed by atoms with Crippen LogP contribution in [0.4, 0.5) is 4.39 Å². The van der Waals surface area contributed by atoms with Crippen LogP contribution in [-0.4, -0.2) is 17.3 Å². The van der Waals surface area contributed by atoms with Crippen LogP contribution < -0.4 is 5.32 Å². The summed E-state index contributed by atoms with van der Waals surface area (Å²) < 4.78 is 13.3. The van der Waals surface area contributed by atoms with E-state index in [4.69, 9.17) is 11.6 Å². The summed E-state index contributed by atoms with van der Waals surface area (Å²) in [4.78, 5) is 12.5. The van der Waals surface area contributed by atoms with Gasteiger partial charge in [-0.15, -0.1) is 0 Å². The summed E-state index contributed by atoms with van der Waals surface area (Å²) in [5, 5.41) is 2.90. The lowest BCUT2D eigenvalue weighted by atomic mass is 9.89. The van der Waals surface area contributed by atoms with Crippen LogP contribution in [0.3, 0.4) is 0 Å². The van der Waals surface area contributed by atoms with Crippen molar-refractivity contribution in [1.29, 1.82) is 0 Å². The van der Waals surface area contributed by atoms with Gasteiger partial charge in [0.1, 0.15) is 5.82 Å². The number of rotatable bonds is 3. The summed E-state index contributed by atoms with van der Waals surface area (Å²) in [5.74, 6) is -0.306. The van der Waals surface area contributed by atoms with Gasteiger partial charge in [0.05, 0.1) is 5.02 Å². The van der Waals surface area contributed by atoms with Crippen LogP contribution in [0.5, 0.6) is 0 Å². The minimum absolute atomic E-state index is 0.0333.